The van der Waals surface area contributed by atoms with E-state index >= 15 is 0 Å². The molecule has 0 fully saturated rings. The van der Waals surface area contributed by atoms with E-state index in [0.717, 1.165) is 6.42 Å². The van der Waals surface area contributed by atoms with Gasteiger partial charge in [-0.15, -0.1) is 11.6 Å². The quantitative estimate of drug-likeness (QED) is 0.374. The number of hydrogen-bond donors (Lipinski definition) is 0. The molecule has 1 radical (unpaired) electrons. The molecule has 0 spiro atoms. The van der Waals surface area contributed by atoms with Gasteiger partial charge in [-0.25, -0.2) is 6.08 Å². The monoisotopic (exact) mass is 261 g/mol. The Kier molecular flexibility index (Phi) is 8.97. The maximum atomic E-state index is 3.35. The Bertz CT molecular complexity index is 297. The van der Waals surface area contributed by atoms with Crippen molar-refractivity contribution in [1.29, 1.82) is 0 Å². The second-order valence-electron chi connectivity index (χ2n) is 2.90. The van der Waals surface area contributed by atoms with Crippen LogP contribution in [-0.2, 0) is 21.7 Å². The fourth-order valence-electron chi connectivity index (χ4n) is 1.58. The summed E-state index contributed by atoms with van der Waals surface area (Å²) < 4.78 is 0. The third-order valence-corrected chi connectivity index (χ3v) is 2.22. The Labute approximate surface area is 113 Å². The molecule has 1 aliphatic rings. The molecule has 0 nitrogen and oxygen atoms in total. The Morgan fingerprint density at radius 2 is 1.86 bits per heavy atom. The van der Waals surface area contributed by atoms with Crippen molar-refractivity contribution < 1.29 is 46.5 Å². The van der Waals surface area contributed by atoms with Crippen LogP contribution in [0.1, 0.15) is 30.4 Å². The molecule has 3 heteroatoms. The van der Waals surface area contributed by atoms with Crippen LogP contribution in [0.2, 0.25) is 0 Å². The summed E-state index contributed by atoms with van der Waals surface area (Å²) in [4.78, 5) is 0. The molecule has 1 aliphatic carbocycles. The van der Waals surface area contributed by atoms with Gasteiger partial charge in [0.15, 0.2) is 0 Å². The number of halogens is 2. The molecule has 0 heterocycles. The van der Waals surface area contributed by atoms with E-state index in [-0.39, 0.29) is 46.5 Å². The number of hydrogen-bond acceptors (Lipinski definition) is 0. The van der Waals surface area contributed by atoms with Crippen LogP contribution in [0.3, 0.4) is 0 Å². The van der Waals surface area contributed by atoms with Crippen LogP contribution in [0.15, 0.2) is 24.3 Å². The zero-order chi connectivity index (χ0) is 7.68. The van der Waals surface area contributed by atoms with Crippen LogP contribution in [-0.4, -0.2) is 0 Å². The maximum absolute atomic E-state index is 3.35. The summed E-state index contributed by atoms with van der Waals surface area (Å²) >= 11 is 0. The second kappa shape index (κ2) is 7.53. The van der Waals surface area contributed by atoms with Gasteiger partial charge in [-0.05, 0) is 0 Å². The van der Waals surface area contributed by atoms with E-state index in [9.17, 15) is 0 Å². The largest absolute Gasteiger partial charge is 3.00 e. The van der Waals surface area contributed by atoms with E-state index in [1.807, 2.05) is 0 Å². The molecule has 0 saturated heterocycles. The van der Waals surface area contributed by atoms with Gasteiger partial charge in [0, 0.05) is 0 Å². The van der Waals surface area contributed by atoms with Crippen molar-refractivity contribution >= 4 is 6.08 Å². The van der Waals surface area contributed by atoms with E-state index in [4.69, 9.17) is 0 Å². The molecule has 0 N–H and O–H groups in total. The van der Waals surface area contributed by atoms with Crippen LogP contribution >= 0.6 is 0 Å². The first kappa shape index (κ1) is 16.7. The second-order valence-corrected chi connectivity index (χ2v) is 2.90. The number of allylic oxidation sites excluding steroid dienone is 1. The Balaban J connectivity index is 0. The summed E-state index contributed by atoms with van der Waals surface area (Å²) in [5.74, 6) is 0.547. The van der Waals surface area contributed by atoms with E-state index in [1.165, 1.54) is 11.1 Å². The van der Waals surface area contributed by atoms with Gasteiger partial charge in [0.25, 0.3) is 0 Å². The zero-order valence-electron chi connectivity index (χ0n) is 7.93. The normalized spacial score (nSPS) is 15.9. The predicted octanol–water partition coefficient (Wildman–Crippen LogP) is -2.98. The van der Waals surface area contributed by atoms with Crippen molar-refractivity contribution in [3.63, 3.8) is 0 Å². The molecule has 0 aliphatic heterocycles. The van der Waals surface area contributed by atoms with Crippen molar-refractivity contribution in [1.82, 2.24) is 0 Å². The summed E-state index contributed by atoms with van der Waals surface area (Å²) in [6.45, 7) is 2.20. The van der Waals surface area contributed by atoms with E-state index < -0.39 is 0 Å². The molecule has 14 heavy (non-hydrogen) atoms. The van der Waals surface area contributed by atoms with E-state index in [1.54, 1.807) is 0 Å². The zero-order valence-corrected chi connectivity index (χ0v) is 11.0. The minimum Gasteiger partial charge on any atom is -1.00 e. The Hall–Kier alpha value is 0.254. The van der Waals surface area contributed by atoms with Crippen LogP contribution in [0.25, 0.3) is 6.08 Å². The fraction of sp³-hybridized carbons (Fsp3) is 0.273. The topological polar surface area (TPSA) is 0 Å². The van der Waals surface area contributed by atoms with Gasteiger partial charge in [-0.2, -0.15) is 5.56 Å². The van der Waals surface area contributed by atoms with Crippen molar-refractivity contribution in [3.05, 3.63) is 41.5 Å². The van der Waals surface area contributed by atoms with Crippen LogP contribution in [0.5, 0.6) is 0 Å². The molecule has 0 bridgehead atoms. The minimum atomic E-state index is 0. The summed E-state index contributed by atoms with van der Waals surface area (Å²) in [6.07, 6.45) is 6.61. The SMILES string of the molecule is CCC1[C-]=Cc2ccccc21.[Cl-].[Cl-].[Ti+3]. The van der Waals surface area contributed by atoms with Gasteiger partial charge in [-0.1, -0.05) is 37.5 Å². The number of fused-ring (bicyclic) bond motifs is 1. The first-order chi connectivity index (χ1) is 5.42. The smallest absolute Gasteiger partial charge is 1.00 e. The van der Waals surface area contributed by atoms with E-state index in [2.05, 4.69) is 43.3 Å². The molecule has 1 atom stereocenters. The van der Waals surface area contributed by atoms with Crippen LogP contribution in [0, 0.1) is 6.08 Å². The van der Waals surface area contributed by atoms with Crippen LogP contribution < -0.4 is 24.8 Å². The molecule has 1 aromatic rings. The summed E-state index contributed by atoms with van der Waals surface area (Å²) in [5.41, 5.74) is 2.79. The van der Waals surface area contributed by atoms with Crippen molar-refractivity contribution in [3.8, 4) is 0 Å². The molecule has 2 rings (SSSR count). The third kappa shape index (κ3) is 3.13. The summed E-state index contributed by atoms with van der Waals surface area (Å²) in [7, 11) is 0. The van der Waals surface area contributed by atoms with Crippen LogP contribution in [0.4, 0.5) is 0 Å². The fourth-order valence-corrected chi connectivity index (χ4v) is 1.58. The number of benzene rings is 1. The average molecular weight is 262 g/mol. The van der Waals surface area contributed by atoms with Gasteiger partial charge in [-0.3, -0.25) is 6.08 Å². The minimum absolute atomic E-state index is 0. The van der Waals surface area contributed by atoms with Crippen molar-refractivity contribution in [2.75, 3.05) is 0 Å². The van der Waals surface area contributed by atoms with E-state index in [0.29, 0.717) is 5.92 Å². The van der Waals surface area contributed by atoms with Crippen molar-refractivity contribution in [2.45, 2.75) is 19.3 Å². The predicted molar refractivity (Wildman–Crippen MR) is 47.2 cm³/mol. The summed E-state index contributed by atoms with van der Waals surface area (Å²) in [5, 5.41) is 0. The van der Waals surface area contributed by atoms with Gasteiger partial charge in [0.2, 0.25) is 0 Å². The molecule has 0 saturated carbocycles. The standard InChI is InChI=1S/C11H11.2ClH.Ti/c1-2-9-7-8-10-5-3-4-6-11(9)10;;;/h3-6,8-9H,2H2,1H3;2*1H;/q-1;;;+3/p-2. The number of rotatable bonds is 1. The van der Waals surface area contributed by atoms with Gasteiger partial charge >= 0.3 is 21.7 Å². The molecule has 73 valence electrons. The molecular formula is C11H11Cl2Ti. The Morgan fingerprint density at radius 1 is 1.21 bits per heavy atom. The Morgan fingerprint density at radius 3 is 2.50 bits per heavy atom. The van der Waals surface area contributed by atoms with Gasteiger partial charge < -0.3 is 24.8 Å². The first-order valence-electron chi connectivity index (χ1n) is 4.10. The molecule has 1 unspecified atom stereocenters. The van der Waals surface area contributed by atoms with Gasteiger partial charge in [0.05, 0.1) is 0 Å². The third-order valence-electron chi connectivity index (χ3n) is 2.22. The first-order valence-corrected chi connectivity index (χ1v) is 4.10. The van der Waals surface area contributed by atoms with Gasteiger partial charge in [0.1, 0.15) is 0 Å². The van der Waals surface area contributed by atoms with Crippen molar-refractivity contribution in [2.24, 2.45) is 0 Å². The summed E-state index contributed by atoms with van der Waals surface area (Å²) in [6, 6.07) is 8.52. The molecular weight excluding hydrogens is 251 g/mol. The molecule has 0 aromatic heterocycles. The molecule has 0 amide bonds. The molecule has 1 aromatic carbocycles. The maximum Gasteiger partial charge on any atom is 3.00 e. The average Bonchev–Trinajstić information content (AvgIpc) is 2.47.